The van der Waals surface area contributed by atoms with Crippen LogP contribution in [0.25, 0.3) is 11.3 Å². The van der Waals surface area contributed by atoms with Crippen molar-refractivity contribution in [2.75, 3.05) is 27.7 Å². The molecule has 3 aromatic rings. The molecule has 7 heteroatoms. The fourth-order valence-corrected chi connectivity index (χ4v) is 2.96. The second kappa shape index (κ2) is 9.05. The van der Waals surface area contributed by atoms with E-state index in [-0.39, 0.29) is 18.4 Å². The predicted octanol–water partition coefficient (Wildman–Crippen LogP) is 2.43. The molecule has 150 valence electrons. The van der Waals surface area contributed by atoms with Crippen LogP contribution in [0.5, 0.6) is 5.75 Å². The van der Waals surface area contributed by atoms with E-state index in [1.807, 2.05) is 54.6 Å². The van der Waals surface area contributed by atoms with Gasteiger partial charge in [-0.2, -0.15) is 5.10 Å². The van der Waals surface area contributed by atoms with Crippen molar-refractivity contribution in [3.63, 3.8) is 0 Å². The van der Waals surface area contributed by atoms with Crippen LogP contribution in [-0.4, -0.2) is 54.2 Å². The molecule has 0 radical (unpaired) electrons. The van der Waals surface area contributed by atoms with E-state index in [2.05, 4.69) is 10.4 Å². The van der Waals surface area contributed by atoms with E-state index >= 15 is 0 Å². The number of methoxy groups -OCH3 is 1. The van der Waals surface area contributed by atoms with Crippen molar-refractivity contribution in [3.05, 3.63) is 71.9 Å². The topological polar surface area (TPSA) is 76.5 Å². The molecule has 0 aliphatic heterocycles. The van der Waals surface area contributed by atoms with Crippen molar-refractivity contribution in [2.45, 2.75) is 6.54 Å². The van der Waals surface area contributed by atoms with Gasteiger partial charge in [-0.1, -0.05) is 30.3 Å². The molecule has 0 spiro atoms. The van der Waals surface area contributed by atoms with Crippen molar-refractivity contribution >= 4 is 11.8 Å². The van der Waals surface area contributed by atoms with Crippen molar-refractivity contribution in [1.29, 1.82) is 0 Å². The highest BCUT2D eigenvalue weighted by atomic mass is 16.5. The molecule has 2 amide bonds. The summed E-state index contributed by atoms with van der Waals surface area (Å²) in [4.78, 5) is 26.1. The van der Waals surface area contributed by atoms with Gasteiger partial charge in [0.25, 0.3) is 5.91 Å². The molecule has 0 fully saturated rings. The number of carbonyl (C=O) groups is 2. The lowest BCUT2D eigenvalue weighted by Gasteiger charge is -2.15. The number of likely N-dealkylation sites (N-methyl/N-ethyl adjacent to an activating group) is 2. The molecule has 1 N–H and O–H groups in total. The average molecular weight is 392 g/mol. The quantitative estimate of drug-likeness (QED) is 0.670. The molecule has 1 heterocycles. The van der Waals surface area contributed by atoms with Crippen LogP contribution < -0.4 is 10.1 Å². The molecule has 0 unspecified atom stereocenters. The lowest BCUT2D eigenvalue weighted by atomic mass is 10.1. The van der Waals surface area contributed by atoms with Crippen LogP contribution in [0.15, 0.2) is 60.8 Å². The number of ether oxygens (including phenoxy) is 1. The number of nitrogens with one attached hydrogen (secondary N) is 1. The van der Waals surface area contributed by atoms with E-state index in [1.165, 1.54) is 4.90 Å². The van der Waals surface area contributed by atoms with Gasteiger partial charge in [0.2, 0.25) is 5.91 Å². The number of nitrogens with zero attached hydrogens (tertiary/aromatic N) is 3. The van der Waals surface area contributed by atoms with Crippen molar-refractivity contribution < 1.29 is 14.3 Å². The second-order valence-corrected chi connectivity index (χ2v) is 6.64. The molecule has 0 atom stereocenters. The molecule has 7 nitrogen and oxygen atoms in total. The smallest absolute Gasteiger partial charge is 0.257 e. The third-order valence-corrected chi connectivity index (χ3v) is 4.55. The molecular weight excluding hydrogens is 368 g/mol. The van der Waals surface area contributed by atoms with E-state index in [0.717, 1.165) is 16.9 Å². The van der Waals surface area contributed by atoms with Crippen LogP contribution in [0.4, 0.5) is 0 Å². The third-order valence-electron chi connectivity index (χ3n) is 4.55. The van der Waals surface area contributed by atoms with Gasteiger partial charge in [0.05, 0.1) is 25.8 Å². The van der Waals surface area contributed by atoms with E-state index in [4.69, 9.17) is 4.74 Å². The first-order chi connectivity index (χ1) is 14.0. The third kappa shape index (κ3) is 4.82. The summed E-state index contributed by atoms with van der Waals surface area (Å²) in [6.07, 6.45) is 1.73. The summed E-state index contributed by atoms with van der Waals surface area (Å²) >= 11 is 0. The molecular formula is C22H24N4O3. The van der Waals surface area contributed by atoms with E-state index < -0.39 is 0 Å². The minimum atomic E-state index is -0.265. The van der Waals surface area contributed by atoms with Crippen molar-refractivity contribution in [3.8, 4) is 17.0 Å². The van der Waals surface area contributed by atoms with Crippen LogP contribution in [0, 0.1) is 0 Å². The standard InChI is InChI=1S/C22H24N4O3/c1-23-20(27)15-25(2)22(28)19-14-26(13-16-7-5-4-6-8-16)24-21(19)17-9-11-18(29-3)12-10-17/h4-12,14H,13,15H2,1-3H3,(H,23,27). The highest BCUT2D eigenvalue weighted by Gasteiger charge is 2.22. The van der Waals surface area contributed by atoms with Crippen LogP contribution in [0.1, 0.15) is 15.9 Å². The predicted molar refractivity (Wildman–Crippen MR) is 111 cm³/mol. The molecule has 29 heavy (non-hydrogen) atoms. The highest BCUT2D eigenvalue weighted by molar-refractivity contribution is 6.01. The monoisotopic (exact) mass is 392 g/mol. The molecule has 2 aromatic carbocycles. The van der Waals surface area contributed by atoms with Gasteiger partial charge >= 0.3 is 0 Å². The van der Waals surface area contributed by atoms with Crippen molar-refractivity contribution in [2.24, 2.45) is 0 Å². The molecule has 0 aliphatic rings. The largest absolute Gasteiger partial charge is 0.497 e. The Kier molecular flexibility index (Phi) is 6.29. The Morgan fingerprint density at radius 2 is 1.79 bits per heavy atom. The maximum absolute atomic E-state index is 13.0. The lowest BCUT2D eigenvalue weighted by molar-refractivity contribution is -0.121. The summed E-state index contributed by atoms with van der Waals surface area (Å²) < 4.78 is 6.96. The Balaban J connectivity index is 1.97. The minimum Gasteiger partial charge on any atom is -0.497 e. The molecule has 0 aliphatic carbocycles. The molecule has 3 rings (SSSR count). The Morgan fingerprint density at radius 3 is 2.41 bits per heavy atom. The Labute approximate surface area is 169 Å². The zero-order valence-corrected chi connectivity index (χ0v) is 16.8. The summed E-state index contributed by atoms with van der Waals surface area (Å²) in [5.41, 5.74) is 2.89. The van der Waals surface area contributed by atoms with Gasteiger partial charge in [0.15, 0.2) is 0 Å². The molecule has 0 saturated carbocycles. The normalized spacial score (nSPS) is 10.4. The fourth-order valence-electron chi connectivity index (χ4n) is 2.96. The molecule has 1 aromatic heterocycles. The second-order valence-electron chi connectivity index (χ2n) is 6.64. The van der Waals surface area contributed by atoms with Crippen LogP contribution >= 0.6 is 0 Å². The van der Waals surface area contributed by atoms with Crippen LogP contribution in [0.3, 0.4) is 0 Å². The SMILES string of the molecule is CNC(=O)CN(C)C(=O)c1cn(Cc2ccccc2)nc1-c1ccc(OC)cc1. The summed E-state index contributed by atoms with van der Waals surface area (Å²) in [5.74, 6) is 0.226. The number of hydrogen-bond acceptors (Lipinski definition) is 4. The number of carbonyl (C=O) groups excluding carboxylic acids is 2. The summed E-state index contributed by atoms with van der Waals surface area (Å²) in [6, 6.07) is 17.3. The Hall–Kier alpha value is -3.61. The van der Waals surface area contributed by atoms with E-state index in [1.54, 1.807) is 32.1 Å². The lowest BCUT2D eigenvalue weighted by Crippen LogP contribution is -2.36. The van der Waals surface area contributed by atoms with Crippen LogP contribution in [-0.2, 0) is 11.3 Å². The number of benzene rings is 2. The van der Waals surface area contributed by atoms with Gasteiger partial charge in [-0.15, -0.1) is 0 Å². The fraction of sp³-hybridized carbons (Fsp3) is 0.227. The Morgan fingerprint density at radius 1 is 1.10 bits per heavy atom. The zero-order valence-electron chi connectivity index (χ0n) is 16.8. The summed E-state index contributed by atoms with van der Waals surface area (Å²) in [7, 11) is 4.75. The first-order valence-corrected chi connectivity index (χ1v) is 9.23. The van der Waals surface area contributed by atoms with Gasteiger partial charge in [-0.3, -0.25) is 14.3 Å². The highest BCUT2D eigenvalue weighted by Crippen LogP contribution is 2.26. The first-order valence-electron chi connectivity index (χ1n) is 9.23. The maximum Gasteiger partial charge on any atom is 0.257 e. The average Bonchev–Trinajstić information content (AvgIpc) is 3.17. The number of aromatic nitrogens is 2. The van der Waals surface area contributed by atoms with E-state index in [0.29, 0.717) is 17.8 Å². The van der Waals surface area contributed by atoms with Crippen molar-refractivity contribution in [1.82, 2.24) is 20.0 Å². The van der Waals surface area contributed by atoms with Gasteiger partial charge in [-0.25, -0.2) is 0 Å². The first kappa shape index (κ1) is 20.1. The van der Waals surface area contributed by atoms with Crippen LogP contribution in [0.2, 0.25) is 0 Å². The molecule has 0 bridgehead atoms. The minimum absolute atomic E-state index is 0.0265. The number of rotatable bonds is 7. The van der Waals surface area contributed by atoms with Gasteiger partial charge in [0, 0.05) is 25.9 Å². The van der Waals surface area contributed by atoms with Gasteiger partial charge in [0.1, 0.15) is 11.4 Å². The van der Waals surface area contributed by atoms with E-state index in [9.17, 15) is 9.59 Å². The maximum atomic E-state index is 13.0. The van der Waals surface area contributed by atoms with Gasteiger partial charge in [-0.05, 0) is 29.8 Å². The summed E-state index contributed by atoms with van der Waals surface area (Å²) in [6.45, 7) is 0.512. The summed E-state index contributed by atoms with van der Waals surface area (Å²) in [5, 5.41) is 7.19. The van der Waals surface area contributed by atoms with Gasteiger partial charge < -0.3 is 15.0 Å². The Bertz CT molecular complexity index is 981. The number of hydrogen-bond donors (Lipinski definition) is 1. The molecule has 0 saturated heterocycles. The number of amides is 2. The zero-order chi connectivity index (χ0) is 20.8.